The molecule has 0 unspecified atom stereocenters. The molecule has 0 saturated heterocycles. The van der Waals surface area contributed by atoms with Crippen molar-refractivity contribution in [1.29, 1.82) is 0 Å². The zero-order valence-electron chi connectivity index (χ0n) is 12.5. The summed E-state index contributed by atoms with van der Waals surface area (Å²) < 4.78 is 0. The van der Waals surface area contributed by atoms with Gasteiger partial charge in [0.15, 0.2) is 0 Å². The number of aliphatic hydroxyl groups is 1. The van der Waals surface area contributed by atoms with Gasteiger partial charge in [-0.1, -0.05) is 23.7 Å². The Morgan fingerprint density at radius 3 is 2.60 bits per heavy atom. The molecule has 1 aromatic carbocycles. The number of halogens is 1. The molecule has 0 atom stereocenters. The lowest BCUT2D eigenvalue weighted by Crippen LogP contribution is -2.49. The maximum absolute atomic E-state index is 12.2. The maximum atomic E-state index is 12.2. The first-order valence-corrected chi connectivity index (χ1v) is 7.08. The van der Waals surface area contributed by atoms with E-state index in [0.29, 0.717) is 11.6 Å². The Labute approximate surface area is 125 Å². The van der Waals surface area contributed by atoms with Crippen molar-refractivity contribution in [3.05, 3.63) is 34.9 Å². The largest absolute Gasteiger partial charge is 0.389 e. The minimum atomic E-state index is -0.919. The molecular formula is C15H23ClN2O2. The van der Waals surface area contributed by atoms with E-state index in [1.807, 2.05) is 32.0 Å². The Morgan fingerprint density at radius 2 is 2.10 bits per heavy atom. The predicted octanol–water partition coefficient (Wildman–Crippen LogP) is 3.03. The van der Waals surface area contributed by atoms with E-state index >= 15 is 0 Å². The normalized spacial score (nSPS) is 11.6. The highest BCUT2D eigenvalue weighted by molar-refractivity contribution is 6.30. The third-order valence-corrected chi connectivity index (χ3v) is 3.01. The summed E-state index contributed by atoms with van der Waals surface area (Å²) in [5.74, 6) is 0. The molecule has 0 radical (unpaired) electrons. The van der Waals surface area contributed by atoms with E-state index in [2.05, 4.69) is 5.32 Å². The highest BCUT2D eigenvalue weighted by Crippen LogP contribution is 2.12. The molecular weight excluding hydrogens is 276 g/mol. The molecule has 2 N–H and O–H groups in total. The van der Waals surface area contributed by atoms with E-state index in [0.717, 1.165) is 5.56 Å². The number of nitrogens with zero attached hydrogens (tertiary/aromatic N) is 1. The Kier molecular flexibility index (Phi) is 5.84. The molecule has 0 aliphatic carbocycles. The second-order valence-electron chi connectivity index (χ2n) is 5.82. The summed E-state index contributed by atoms with van der Waals surface area (Å²) in [7, 11) is 0. The average molecular weight is 299 g/mol. The number of rotatable bonds is 5. The topological polar surface area (TPSA) is 52.6 Å². The third-order valence-electron chi connectivity index (χ3n) is 2.77. The molecule has 4 nitrogen and oxygen atoms in total. The van der Waals surface area contributed by atoms with Crippen LogP contribution in [0.1, 0.15) is 33.3 Å². The summed E-state index contributed by atoms with van der Waals surface area (Å²) in [4.78, 5) is 13.8. The second kappa shape index (κ2) is 6.95. The molecule has 0 spiro atoms. The molecule has 0 fully saturated rings. The fourth-order valence-corrected chi connectivity index (χ4v) is 2.04. The number of benzene rings is 1. The van der Waals surface area contributed by atoms with Gasteiger partial charge >= 0.3 is 6.03 Å². The SMILES string of the molecule is CC(C)N(CC(C)(C)O)C(=O)NCc1cccc(Cl)c1. The number of hydrogen-bond donors (Lipinski definition) is 2. The number of nitrogens with one attached hydrogen (secondary N) is 1. The van der Waals surface area contributed by atoms with Crippen LogP contribution in [0.3, 0.4) is 0 Å². The first kappa shape index (κ1) is 16.8. The minimum absolute atomic E-state index is 0.0146. The summed E-state index contributed by atoms with van der Waals surface area (Å²) in [5.41, 5.74) is 0.0234. The van der Waals surface area contributed by atoms with Crippen LogP contribution in [0.15, 0.2) is 24.3 Å². The zero-order valence-corrected chi connectivity index (χ0v) is 13.2. The van der Waals surface area contributed by atoms with Crippen LogP contribution >= 0.6 is 11.6 Å². The number of amides is 2. The molecule has 0 aliphatic rings. The maximum Gasteiger partial charge on any atom is 0.317 e. The van der Waals surface area contributed by atoms with Gasteiger partial charge in [-0.15, -0.1) is 0 Å². The Hall–Kier alpha value is -1.26. The van der Waals surface area contributed by atoms with Crippen molar-refractivity contribution < 1.29 is 9.90 Å². The van der Waals surface area contributed by atoms with E-state index < -0.39 is 5.60 Å². The van der Waals surface area contributed by atoms with Crippen LogP contribution in [0.2, 0.25) is 5.02 Å². The highest BCUT2D eigenvalue weighted by atomic mass is 35.5. The molecule has 0 aromatic heterocycles. The summed E-state index contributed by atoms with van der Waals surface area (Å²) in [5, 5.41) is 13.4. The lowest BCUT2D eigenvalue weighted by molar-refractivity contribution is 0.0387. The quantitative estimate of drug-likeness (QED) is 0.878. The van der Waals surface area contributed by atoms with Gasteiger partial charge in [0.05, 0.1) is 12.1 Å². The molecule has 0 aliphatic heterocycles. The standard InChI is InChI=1S/C15H23ClN2O2/c1-11(2)18(10-15(3,4)20)14(19)17-9-12-6-5-7-13(16)8-12/h5-8,11,20H,9-10H2,1-4H3,(H,17,19). The van der Waals surface area contributed by atoms with Crippen LogP contribution in [0.4, 0.5) is 4.79 Å². The van der Waals surface area contributed by atoms with Gasteiger partial charge in [0.1, 0.15) is 0 Å². The van der Waals surface area contributed by atoms with E-state index in [1.54, 1.807) is 24.8 Å². The molecule has 0 saturated carbocycles. The lowest BCUT2D eigenvalue weighted by Gasteiger charge is -2.32. The predicted molar refractivity (Wildman–Crippen MR) is 81.8 cm³/mol. The van der Waals surface area contributed by atoms with Crippen LogP contribution in [-0.4, -0.2) is 34.2 Å². The van der Waals surface area contributed by atoms with Gasteiger partial charge in [-0.2, -0.15) is 0 Å². The number of carbonyl (C=O) groups is 1. The lowest BCUT2D eigenvalue weighted by atomic mass is 10.1. The minimum Gasteiger partial charge on any atom is -0.389 e. The first-order chi connectivity index (χ1) is 9.19. The van der Waals surface area contributed by atoms with E-state index in [9.17, 15) is 9.90 Å². The smallest absolute Gasteiger partial charge is 0.317 e. The summed E-state index contributed by atoms with van der Waals surface area (Å²) in [6.45, 7) is 7.91. The number of urea groups is 1. The Morgan fingerprint density at radius 1 is 1.45 bits per heavy atom. The van der Waals surface area contributed by atoms with Crippen LogP contribution in [-0.2, 0) is 6.54 Å². The molecule has 1 rings (SSSR count). The van der Waals surface area contributed by atoms with Crippen molar-refractivity contribution in [2.45, 2.75) is 45.9 Å². The zero-order chi connectivity index (χ0) is 15.3. The molecule has 2 amide bonds. The van der Waals surface area contributed by atoms with E-state index in [-0.39, 0.29) is 18.6 Å². The number of carbonyl (C=O) groups excluding carboxylic acids is 1. The van der Waals surface area contributed by atoms with Crippen molar-refractivity contribution >= 4 is 17.6 Å². The van der Waals surface area contributed by atoms with Crippen LogP contribution in [0.5, 0.6) is 0 Å². The van der Waals surface area contributed by atoms with Crippen LogP contribution in [0.25, 0.3) is 0 Å². The Bertz CT molecular complexity index is 455. The molecule has 5 heteroatoms. The summed E-state index contributed by atoms with van der Waals surface area (Å²) in [6.07, 6.45) is 0. The molecule has 1 aromatic rings. The van der Waals surface area contributed by atoms with Crippen molar-refractivity contribution in [3.63, 3.8) is 0 Å². The van der Waals surface area contributed by atoms with Gasteiger partial charge in [0.25, 0.3) is 0 Å². The second-order valence-corrected chi connectivity index (χ2v) is 6.26. The van der Waals surface area contributed by atoms with Crippen molar-refractivity contribution in [3.8, 4) is 0 Å². The van der Waals surface area contributed by atoms with Gasteiger partial charge in [-0.05, 0) is 45.4 Å². The first-order valence-electron chi connectivity index (χ1n) is 6.70. The van der Waals surface area contributed by atoms with Gasteiger partial charge < -0.3 is 15.3 Å². The van der Waals surface area contributed by atoms with E-state index in [1.165, 1.54) is 0 Å². The van der Waals surface area contributed by atoms with Crippen LogP contribution in [0, 0.1) is 0 Å². The summed E-state index contributed by atoms with van der Waals surface area (Å²) in [6, 6.07) is 7.19. The van der Waals surface area contributed by atoms with Gasteiger partial charge in [-0.3, -0.25) is 0 Å². The van der Waals surface area contributed by atoms with Crippen LogP contribution < -0.4 is 5.32 Å². The van der Waals surface area contributed by atoms with Crippen molar-refractivity contribution in [2.75, 3.05) is 6.54 Å². The van der Waals surface area contributed by atoms with Crippen molar-refractivity contribution in [2.24, 2.45) is 0 Å². The van der Waals surface area contributed by atoms with Crippen molar-refractivity contribution in [1.82, 2.24) is 10.2 Å². The average Bonchev–Trinajstić information content (AvgIpc) is 2.32. The molecule has 0 heterocycles. The molecule has 112 valence electrons. The number of hydrogen-bond acceptors (Lipinski definition) is 2. The highest BCUT2D eigenvalue weighted by Gasteiger charge is 2.24. The fourth-order valence-electron chi connectivity index (χ4n) is 1.83. The Balaban J connectivity index is 2.63. The molecule has 20 heavy (non-hydrogen) atoms. The summed E-state index contributed by atoms with van der Waals surface area (Å²) >= 11 is 5.90. The molecule has 0 bridgehead atoms. The van der Waals surface area contributed by atoms with Gasteiger partial charge in [0, 0.05) is 17.6 Å². The van der Waals surface area contributed by atoms with Gasteiger partial charge in [0.2, 0.25) is 0 Å². The fraction of sp³-hybridized carbons (Fsp3) is 0.533. The van der Waals surface area contributed by atoms with E-state index in [4.69, 9.17) is 11.6 Å². The monoisotopic (exact) mass is 298 g/mol. The van der Waals surface area contributed by atoms with Gasteiger partial charge in [-0.25, -0.2) is 4.79 Å². The third kappa shape index (κ3) is 5.80.